The van der Waals surface area contributed by atoms with Gasteiger partial charge in [0.05, 0.1) is 18.9 Å². The molecule has 6 heteroatoms. The van der Waals surface area contributed by atoms with Crippen LogP contribution >= 0.6 is 12.4 Å². The predicted octanol–water partition coefficient (Wildman–Crippen LogP) is 3.23. The minimum absolute atomic E-state index is 0. The average molecular weight is 343 g/mol. The summed E-state index contributed by atoms with van der Waals surface area (Å²) < 4.78 is 11.0. The van der Waals surface area contributed by atoms with Gasteiger partial charge in [0.1, 0.15) is 11.5 Å². The molecule has 1 fully saturated rings. The molecule has 2 rings (SSSR count). The van der Waals surface area contributed by atoms with Gasteiger partial charge in [-0.25, -0.2) is 0 Å². The first-order valence-corrected chi connectivity index (χ1v) is 7.88. The van der Waals surface area contributed by atoms with Crippen LogP contribution in [-0.2, 0) is 4.79 Å². The molecule has 1 heterocycles. The Balaban J connectivity index is 0.00000264. The number of anilines is 1. The monoisotopic (exact) mass is 342 g/mol. The van der Waals surface area contributed by atoms with E-state index in [0.717, 1.165) is 19.4 Å². The zero-order chi connectivity index (χ0) is 16.1. The van der Waals surface area contributed by atoms with Gasteiger partial charge in [-0.1, -0.05) is 0 Å². The lowest BCUT2D eigenvalue weighted by molar-refractivity contribution is -0.120. The Labute approximate surface area is 144 Å². The van der Waals surface area contributed by atoms with E-state index in [0.29, 0.717) is 23.2 Å². The number of piperidine rings is 1. The van der Waals surface area contributed by atoms with Gasteiger partial charge in [0.15, 0.2) is 0 Å². The van der Waals surface area contributed by atoms with Gasteiger partial charge in [-0.2, -0.15) is 0 Å². The maximum Gasteiger partial charge on any atom is 0.227 e. The van der Waals surface area contributed by atoms with Crippen molar-refractivity contribution in [1.82, 2.24) is 5.32 Å². The normalized spacial score (nSPS) is 20.6. The fraction of sp³-hybridized carbons (Fsp3) is 0.588. The van der Waals surface area contributed by atoms with Crippen molar-refractivity contribution in [1.29, 1.82) is 0 Å². The lowest BCUT2D eigenvalue weighted by Gasteiger charge is -2.27. The molecule has 0 bridgehead atoms. The highest BCUT2D eigenvalue weighted by molar-refractivity contribution is 5.94. The summed E-state index contributed by atoms with van der Waals surface area (Å²) in [6, 6.07) is 5.85. The molecule has 0 spiro atoms. The first-order chi connectivity index (χ1) is 10.5. The third-order valence-corrected chi connectivity index (χ3v) is 3.80. The molecule has 130 valence electrons. The van der Waals surface area contributed by atoms with Gasteiger partial charge < -0.3 is 20.1 Å². The van der Waals surface area contributed by atoms with Gasteiger partial charge >= 0.3 is 0 Å². The van der Waals surface area contributed by atoms with E-state index in [4.69, 9.17) is 9.47 Å². The summed E-state index contributed by atoms with van der Waals surface area (Å²) in [4.78, 5) is 12.5. The van der Waals surface area contributed by atoms with Crippen LogP contribution in [0.5, 0.6) is 11.5 Å². The summed E-state index contributed by atoms with van der Waals surface area (Å²) in [5, 5.41) is 6.37. The van der Waals surface area contributed by atoms with Crippen LogP contribution < -0.4 is 20.1 Å². The van der Waals surface area contributed by atoms with Crippen LogP contribution in [-0.4, -0.2) is 31.7 Å². The second-order valence-electron chi connectivity index (χ2n) is 6.09. The third-order valence-electron chi connectivity index (χ3n) is 3.80. The lowest BCUT2D eigenvalue weighted by atomic mass is 9.92. The molecule has 1 aromatic carbocycles. The molecule has 0 saturated carbocycles. The molecule has 5 nitrogen and oxygen atoms in total. The molecule has 1 saturated heterocycles. The second-order valence-corrected chi connectivity index (χ2v) is 6.09. The quantitative estimate of drug-likeness (QED) is 0.862. The maximum atomic E-state index is 12.5. The van der Waals surface area contributed by atoms with Crippen LogP contribution in [0.25, 0.3) is 0 Å². The molecule has 0 radical (unpaired) electrons. The van der Waals surface area contributed by atoms with Crippen LogP contribution in [0.4, 0.5) is 5.69 Å². The predicted molar refractivity (Wildman–Crippen MR) is 94.8 cm³/mol. The molecule has 0 unspecified atom stereocenters. The van der Waals surface area contributed by atoms with Gasteiger partial charge in [0, 0.05) is 18.0 Å². The Kier molecular flexibility index (Phi) is 7.65. The largest absolute Gasteiger partial charge is 0.497 e. The molecule has 0 aromatic heterocycles. The zero-order valence-corrected chi connectivity index (χ0v) is 15.0. The summed E-state index contributed by atoms with van der Waals surface area (Å²) in [6.45, 7) is 6.92. The van der Waals surface area contributed by atoms with Crippen molar-refractivity contribution in [2.45, 2.75) is 45.8 Å². The summed E-state index contributed by atoms with van der Waals surface area (Å²) >= 11 is 0. The standard InChI is InChI=1S/C17H26N2O3.ClH/c1-11(2)22-16-6-5-14(21-4)10-15(16)19-17(20)13-7-8-18-12(3)9-13;/h5-6,10-13,18H,7-9H2,1-4H3,(H,19,20);1H/t12-,13-;/m0./s1. The summed E-state index contributed by atoms with van der Waals surface area (Å²) in [7, 11) is 1.61. The molecule has 1 aliphatic rings. The van der Waals surface area contributed by atoms with Crippen LogP contribution in [0.2, 0.25) is 0 Å². The van der Waals surface area contributed by atoms with E-state index in [1.54, 1.807) is 13.2 Å². The summed E-state index contributed by atoms with van der Waals surface area (Å²) in [6.07, 6.45) is 1.76. The van der Waals surface area contributed by atoms with E-state index >= 15 is 0 Å². The van der Waals surface area contributed by atoms with Crippen LogP contribution in [0.1, 0.15) is 33.6 Å². The van der Waals surface area contributed by atoms with E-state index in [1.807, 2.05) is 26.0 Å². The van der Waals surface area contributed by atoms with Crippen molar-refractivity contribution < 1.29 is 14.3 Å². The number of halogens is 1. The van der Waals surface area contributed by atoms with Crippen molar-refractivity contribution in [3.05, 3.63) is 18.2 Å². The van der Waals surface area contributed by atoms with Crippen LogP contribution in [0.3, 0.4) is 0 Å². The number of nitrogens with one attached hydrogen (secondary N) is 2. The Morgan fingerprint density at radius 1 is 1.39 bits per heavy atom. The molecule has 0 aliphatic carbocycles. The number of hydrogen-bond acceptors (Lipinski definition) is 4. The molecule has 2 atom stereocenters. The third kappa shape index (κ3) is 5.59. The van der Waals surface area contributed by atoms with E-state index in [1.165, 1.54) is 0 Å². The van der Waals surface area contributed by atoms with Gasteiger partial charge in [-0.15, -0.1) is 12.4 Å². The zero-order valence-electron chi connectivity index (χ0n) is 14.2. The number of methoxy groups -OCH3 is 1. The maximum absolute atomic E-state index is 12.5. The van der Waals surface area contributed by atoms with Crippen molar-refractivity contribution in [2.24, 2.45) is 5.92 Å². The SMILES string of the molecule is COc1ccc(OC(C)C)c(NC(=O)[C@H]2CCN[C@@H](C)C2)c1.Cl. The van der Waals surface area contributed by atoms with E-state index < -0.39 is 0 Å². The molecule has 1 amide bonds. The number of carbonyl (C=O) groups is 1. The van der Waals surface area contributed by atoms with Gasteiger partial charge in [-0.05, 0) is 52.3 Å². The van der Waals surface area contributed by atoms with Gasteiger partial charge in [-0.3, -0.25) is 4.79 Å². The van der Waals surface area contributed by atoms with Crippen LogP contribution in [0.15, 0.2) is 18.2 Å². The van der Waals surface area contributed by atoms with E-state index in [2.05, 4.69) is 17.6 Å². The molecule has 1 aliphatic heterocycles. The van der Waals surface area contributed by atoms with Crippen LogP contribution in [0, 0.1) is 5.92 Å². The fourth-order valence-electron chi connectivity index (χ4n) is 2.70. The number of hydrogen-bond donors (Lipinski definition) is 2. The molecule has 2 N–H and O–H groups in total. The topological polar surface area (TPSA) is 59.6 Å². The summed E-state index contributed by atoms with van der Waals surface area (Å²) in [5.74, 6) is 1.46. The number of rotatable bonds is 5. The number of carbonyl (C=O) groups excluding carboxylic acids is 1. The molecule has 1 aromatic rings. The van der Waals surface area contributed by atoms with Crippen molar-refractivity contribution >= 4 is 24.0 Å². The van der Waals surface area contributed by atoms with E-state index in [-0.39, 0.29) is 30.3 Å². The highest BCUT2D eigenvalue weighted by Gasteiger charge is 2.25. The number of ether oxygens (including phenoxy) is 2. The Bertz CT molecular complexity index is 523. The Morgan fingerprint density at radius 2 is 2.13 bits per heavy atom. The van der Waals surface area contributed by atoms with Gasteiger partial charge in [0.25, 0.3) is 0 Å². The number of amides is 1. The minimum atomic E-state index is 0. The second kappa shape index (κ2) is 8.99. The van der Waals surface area contributed by atoms with E-state index in [9.17, 15) is 4.79 Å². The van der Waals surface area contributed by atoms with Gasteiger partial charge in [0.2, 0.25) is 5.91 Å². The summed E-state index contributed by atoms with van der Waals surface area (Å²) in [5.41, 5.74) is 0.671. The molecular weight excluding hydrogens is 316 g/mol. The number of benzene rings is 1. The highest BCUT2D eigenvalue weighted by atomic mass is 35.5. The lowest BCUT2D eigenvalue weighted by Crippen LogP contribution is -2.40. The minimum Gasteiger partial charge on any atom is -0.497 e. The first kappa shape index (κ1) is 19.6. The Morgan fingerprint density at radius 3 is 2.74 bits per heavy atom. The molecule has 23 heavy (non-hydrogen) atoms. The first-order valence-electron chi connectivity index (χ1n) is 7.88. The van der Waals surface area contributed by atoms with Crippen molar-refractivity contribution in [3.63, 3.8) is 0 Å². The van der Waals surface area contributed by atoms with Crippen molar-refractivity contribution in [2.75, 3.05) is 19.0 Å². The average Bonchev–Trinajstić information content (AvgIpc) is 2.48. The van der Waals surface area contributed by atoms with Crippen molar-refractivity contribution in [3.8, 4) is 11.5 Å². The smallest absolute Gasteiger partial charge is 0.227 e. The fourth-order valence-corrected chi connectivity index (χ4v) is 2.70. The Hall–Kier alpha value is -1.46. The molecular formula is C17H27ClN2O3. The highest BCUT2D eigenvalue weighted by Crippen LogP contribution is 2.31.